The number of nitrogens with zero attached hydrogens (tertiary/aromatic N) is 1. The van der Waals surface area contributed by atoms with E-state index < -0.39 is 23.9 Å². The van der Waals surface area contributed by atoms with Crippen molar-refractivity contribution in [3.8, 4) is 0 Å². The van der Waals surface area contributed by atoms with E-state index in [2.05, 4.69) is 15.0 Å². The standard InChI is InChI=1S/C14H15ClN2O5/c1-3-21-12(18)6-7-13(19)22-9(2)14(20)17-11-5-4-10(15)8-16-11/h4-9H,3H2,1-2H3,(H,16,17,20)/b7-6+/t9-/m0/s1. The van der Waals surface area contributed by atoms with Crippen LogP contribution in [0.4, 0.5) is 5.82 Å². The molecule has 1 N–H and O–H groups in total. The zero-order valence-electron chi connectivity index (χ0n) is 12.0. The van der Waals surface area contributed by atoms with Gasteiger partial charge in [0.05, 0.1) is 11.6 Å². The molecule has 1 rings (SSSR count). The van der Waals surface area contributed by atoms with Crippen molar-refractivity contribution in [2.24, 2.45) is 0 Å². The first-order chi connectivity index (χ1) is 10.4. The Balaban J connectivity index is 2.48. The van der Waals surface area contributed by atoms with Gasteiger partial charge in [0.1, 0.15) is 5.82 Å². The summed E-state index contributed by atoms with van der Waals surface area (Å²) in [7, 11) is 0. The van der Waals surface area contributed by atoms with Gasteiger partial charge < -0.3 is 14.8 Å². The van der Waals surface area contributed by atoms with Crippen molar-refractivity contribution in [2.75, 3.05) is 11.9 Å². The lowest BCUT2D eigenvalue weighted by Crippen LogP contribution is -2.29. The van der Waals surface area contributed by atoms with Crippen molar-refractivity contribution >= 4 is 35.3 Å². The van der Waals surface area contributed by atoms with Crippen molar-refractivity contribution in [3.05, 3.63) is 35.5 Å². The van der Waals surface area contributed by atoms with Crippen LogP contribution in [-0.4, -0.2) is 35.5 Å². The van der Waals surface area contributed by atoms with E-state index in [0.29, 0.717) is 5.02 Å². The summed E-state index contributed by atoms with van der Waals surface area (Å²) in [5, 5.41) is 2.89. The Kier molecular flexibility index (Phi) is 7.04. The molecule has 0 unspecified atom stereocenters. The van der Waals surface area contributed by atoms with E-state index in [1.807, 2.05) is 0 Å². The molecule has 1 aromatic rings. The van der Waals surface area contributed by atoms with Crippen LogP contribution in [0.3, 0.4) is 0 Å². The van der Waals surface area contributed by atoms with Gasteiger partial charge in [0.15, 0.2) is 6.10 Å². The van der Waals surface area contributed by atoms with Crippen molar-refractivity contribution in [1.82, 2.24) is 4.98 Å². The Morgan fingerprint density at radius 2 is 2.00 bits per heavy atom. The number of carbonyl (C=O) groups excluding carboxylic acids is 3. The Hall–Kier alpha value is -2.41. The van der Waals surface area contributed by atoms with Crippen molar-refractivity contribution in [2.45, 2.75) is 20.0 Å². The SMILES string of the molecule is CCOC(=O)/C=C/C(=O)O[C@@H](C)C(=O)Nc1ccc(Cl)cn1. The van der Waals surface area contributed by atoms with Crippen LogP contribution < -0.4 is 5.32 Å². The minimum Gasteiger partial charge on any atom is -0.463 e. The zero-order valence-corrected chi connectivity index (χ0v) is 12.8. The van der Waals surface area contributed by atoms with Gasteiger partial charge in [0.25, 0.3) is 5.91 Å². The molecule has 0 aliphatic rings. The predicted molar refractivity (Wildman–Crippen MR) is 79.2 cm³/mol. The maximum atomic E-state index is 11.8. The molecule has 7 nitrogen and oxygen atoms in total. The number of aromatic nitrogens is 1. The van der Waals surface area contributed by atoms with Crippen LogP contribution in [0.15, 0.2) is 30.5 Å². The zero-order chi connectivity index (χ0) is 16.5. The second-order valence-electron chi connectivity index (χ2n) is 4.02. The van der Waals surface area contributed by atoms with Gasteiger partial charge in [0.2, 0.25) is 0 Å². The molecule has 1 atom stereocenters. The summed E-state index contributed by atoms with van der Waals surface area (Å²) in [6.45, 7) is 3.23. The van der Waals surface area contributed by atoms with Gasteiger partial charge in [-0.15, -0.1) is 0 Å². The highest BCUT2D eigenvalue weighted by atomic mass is 35.5. The fourth-order valence-electron chi connectivity index (χ4n) is 1.27. The highest BCUT2D eigenvalue weighted by molar-refractivity contribution is 6.30. The highest BCUT2D eigenvalue weighted by Crippen LogP contribution is 2.10. The van der Waals surface area contributed by atoms with Crippen LogP contribution in [0.1, 0.15) is 13.8 Å². The summed E-state index contributed by atoms with van der Waals surface area (Å²) < 4.78 is 9.44. The van der Waals surface area contributed by atoms with E-state index in [-0.39, 0.29) is 12.4 Å². The molecule has 1 heterocycles. The molecule has 0 aliphatic carbocycles. The molecular weight excluding hydrogens is 312 g/mol. The van der Waals surface area contributed by atoms with Gasteiger partial charge in [-0.2, -0.15) is 0 Å². The van der Waals surface area contributed by atoms with Gasteiger partial charge in [-0.05, 0) is 26.0 Å². The largest absolute Gasteiger partial charge is 0.463 e. The van der Waals surface area contributed by atoms with Gasteiger partial charge in [-0.25, -0.2) is 14.6 Å². The van der Waals surface area contributed by atoms with Crippen molar-refractivity contribution < 1.29 is 23.9 Å². The number of anilines is 1. The van der Waals surface area contributed by atoms with E-state index in [4.69, 9.17) is 16.3 Å². The molecule has 0 bridgehead atoms. The van der Waals surface area contributed by atoms with E-state index in [1.54, 1.807) is 13.0 Å². The Morgan fingerprint density at radius 3 is 2.59 bits per heavy atom. The third kappa shape index (κ3) is 6.36. The smallest absolute Gasteiger partial charge is 0.331 e. The van der Waals surface area contributed by atoms with E-state index >= 15 is 0 Å². The first kappa shape index (κ1) is 17.6. The van der Waals surface area contributed by atoms with Gasteiger partial charge in [0, 0.05) is 18.3 Å². The van der Waals surface area contributed by atoms with Crippen LogP contribution in [-0.2, 0) is 23.9 Å². The summed E-state index contributed by atoms with van der Waals surface area (Å²) >= 11 is 5.67. The van der Waals surface area contributed by atoms with Crippen molar-refractivity contribution in [1.29, 1.82) is 0 Å². The third-order valence-electron chi connectivity index (χ3n) is 2.28. The summed E-state index contributed by atoms with van der Waals surface area (Å²) in [6, 6.07) is 3.07. The number of nitrogens with one attached hydrogen (secondary N) is 1. The fraction of sp³-hybridized carbons (Fsp3) is 0.286. The van der Waals surface area contributed by atoms with Gasteiger partial charge >= 0.3 is 11.9 Å². The molecule has 0 radical (unpaired) electrons. The average molecular weight is 327 g/mol. The molecule has 1 amide bonds. The third-order valence-corrected chi connectivity index (χ3v) is 2.51. The summed E-state index contributed by atoms with van der Waals surface area (Å²) in [6.07, 6.45) is 2.13. The molecular formula is C14H15ClN2O5. The number of rotatable bonds is 6. The Bertz CT molecular complexity index is 571. The second-order valence-corrected chi connectivity index (χ2v) is 4.45. The van der Waals surface area contributed by atoms with E-state index in [1.165, 1.54) is 19.2 Å². The lowest BCUT2D eigenvalue weighted by Gasteiger charge is -2.11. The molecule has 0 saturated heterocycles. The topological polar surface area (TPSA) is 94.6 Å². The minimum absolute atomic E-state index is 0.200. The molecule has 118 valence electrons. The number of ether oxygens (including phenoxy) is 2. The van der Waals surface area contributed by atoms with Crippen LogP contribution in [0, 0.1) is 0 Å². The minimum atomic E-state index is -1.06. The monoisotopic (exact) mass is 326 g/mol. The molecule has 0 aliphatic heterocycles. The quantitative estimate of drug-likeness (QED) is 0.632. The molecule has 0 saturated carbocycles. The highest BCUT2D eigenvalue weighted by Gasteiger charge is 2.17. The van der Waals surface area contributed by atoms with Crippen LogP contribution in [0.25, 0.3) is 0 Å². The number of pyridine rings is 1. The van der Waals surface area contributed by atoms with E-state index in [0.717, 1.165) is 12.2 Å². The van der Waals surface area contributed by atoms with Crippen LogP contribution in [0.5, 0.6) is 0 Å². The second kappa shape index (κ2) is 8.78. The number of halogens is 1. The van der Waals surface area contributed by atoms with Crippen LogP contribution in [0.2, 0.25) is 5.02 Å². The lowest BCUT2D eigenvalue weighted by molar-refractivity contribution is -0.148. The number of carbonyl (C=O) groups is 3. The molecule has 0 fully saturated rings. The first-order valence-corrected chi connectivity index (χ1v) is 6.78. The molecule has 1 aromatic heterocycles. The first-order valence-electron chi connectivity index (χ1n) is 6.40. The molecule has 22 heavy (non-hydrogen) atoms. The maximum absolute atomic E-state index is 11.8. The number of esters is 2. The number of hydrogen-bond acceptors (Lipinski definition) is 6. The summed E-state index contributed by atoms with van der Waals surface area (Å²) in [5.74, 6) is -1.78. The summed E-state index contributed by atoms with van der Waals surface area (Å²) in [4.78, 5) is 38.1. The van der Waals surface area contributed by atoms with E-state index in [9.17, 15) is 14.4 Å². The number of amides is 1. The molecule has 0 aromatic carbocycles. The van der Waals surface area contributed by atoms with Gasteiger partial charge in [-0.1, -0.05) is 11.6 Å². The average Bonchev–Trinajstić information content (AvgIpc) is 2.47. The lowest BCUT2D eigenvalue weighted by atomic mass is 10.3. The normalized spacial score (nSPS) is 11.8. The number of hydrogen-bond donors (Lipinski definition) is 1. The van der Waals surface area contributed by atoms with Gasteiger partial charge in [-0.3, -0.25) is 4.79 Å². The molecule has 8 heteroatoms. The Morgan fingerprint density at radius 1 is 1.32 bits per heavy atom. The maximum Gasteiger partial charge on any atom is 0.331 e. The summed E-state index contributed by atoms with van der Waals surface area (Å²) in [5.41, 5.74) is 0. The van der Waals surface area contributed by atoms with Crippen molar-refractivity contribution in [3.63, 3.8) is 0 Å². The molecule has 0 spiro atoms. The fourth-order valence-corrected chi connectivity index (χ4v) is 1.38. The van der Waals surface area contributed by atoms with Crippen LogP contribution >= 0.6 is 11.6 Å². The Labute approximate surface area is 132 Å². The predicted octanol–water partition coefficient (Wildman–Crippen LogP) is 1.72.